The first-order valence-corrected chi connectivity index (χ1v) is 8.75. The van der Waals surface area contributed by atoms with Gasteiger partial charge in [-0.1, -0.05) is 30.4 Å². The molecule has 0 saturated heterocycles. The van der Waals surface area contributed by atoms with Gasteiger partial charge in [0.2, 0.25) is 5.91 Å². The van der Waals surface area contributed by atoms with E-state index >= 15 is 0 Å². The van der Waals surface area contributed by atoms with E-state index in [0.29, 0.717) is 10.8 Å². The lowest BCUT2D eigenvalue weighted by Gasteiger charge is -2.12. The Labute approximate surface area is 151 Å². The zero-order chi connectivity index (χ0) is 19.1. The van der Waals surface area contributed by atoms with Gasteiger partial charge in [0.05, 0.1) is 22.7 Å². The Morgan fingerprint density at radius 2 is 2.08 bits per heavy atom. The van der Waals surface area contributed by atoms with E-state index in [1.807, 2.05) is 25.1 Å². The van der Waals surface area contributed by atoms with Crippen LogP contribution in [0.4, 0.5) is 18.3 Å². The maximum Gasteiger partial charge on any atom is 0.435 e. The van der Waals surface area contributed by atoms with E-state index in [-0.39, 0.29) is 12.5 Å². The van der Waals surface area contributed by atoms with Crippen molar-refractivity contribution < 1.29 is 18.0 Å². The number of halogens is 3. The van der Waals surface area contributed by atoms with Gasteiger partial charge in [0.1, 0.15) is 0 Å². The minimum atomic E-state index is -4.50. The van der Waals surface area contributed by atoms with Gasteiger partial charge in [-0.3, -0.25) is 9.48 Å². The highest BCUT2D eigenvalue weighted by molar-refractivity contribution is 7.22. The van der Waals surface area contributed by atoms with Gasteiger partial charge in [0.15, 0.2) is 10.8 Å². The summed E-state index contributed by atoms with van der Waals surface area (Å²) in [6, 6.07) is 6.75. The number of fused-ring (bicyclic) bond motifs is 1. The molecule has 1 amide bonds. The van der Waals surface area contributed by atoms with Crippen molar-refractivity contribution in [1.29, 1.82) is 0 Å². The number of aryl methyl sites for hydroxylation is 2. The number of para-hydroxylation sites is 1. The zero-order valence-electron chi connectivity index (χ0n) is 14.4. The molecule has 26 heavy (non-hydrogen) atoms. The number of amides is 1. The summed E-state index contributed by atoms with van der Waals surface area (Å²) in [5, 5.41) is 6.77. The minimum Gasteiger partial charge on any atom is -0.302 e. The highest BCUT2D eigenvalue weighted by Gasteiger charge is 2.34. The molecule has 0 spiro atoms. The summed E-state index contributed by atoms with van der Waals surface area (Å²) in [4.78, 5) is 16.8. The largest absolute Gasteiger partial charge is 0.435 e. The van der Waals surface area contributed by atoms with Crippen LogP contribution in [-0.4, -0.2) is 20.7 Å². The quantitative estimate of drug-likeness (QED) is 0.727. The molecular formula is C17H17F3N4OS. The van der Waals surface area contributed by atoms with Crippen LogP contribution in [0.3, 0.4) is 0 Å². The molecule has 0 bridgehead atoms. The van der Waals surface area contributed by atoms with E-state index in [0.717, 1.165) is 21.8 Å². The van der Waals surface area contributed by atoms with Gasteiger partial charge in [0, 0.05) is 5.69 Å². The van der Waals surface area contributed by atoms with Crippen molar-refractivity contribution in [1.82, 2.24) is 14.8 Å². The standard InChI is InChI=1S/C17H17F3N4OS/c1-9-5-4-6-12-14(9)21-16(26-12)22-15(25)10(2)8-24-11(3)7-13(23-24)17(18,19)20/h4-7,10H,8H2,1-3H3,(H,21,22,25)/t10-/m1/s1. The van der Waals surface area contributed by atoms with E-state index in [9.17, 15) is 18.0 Å². The highest BCUT2D eigenvalue weighted by atomic mass is 32.1. The molecule has 3 rings (SSSR count). The van der Waals surface area contributed by atoms with Gasteiger partial charge >= 0.3 is 6.18 Å². The molecule has 0 aliphatic rings. The number of thiazole rings is 1. The lowest BCUT2D eigenvalue weighted by molar-refractivity contribution is -0.141. The van der Waals surface area contributed by atoms with Crippen molar-refractivity contribution >= 4 is 32.6 Å². The Hall–Kier alpha value is -2.42. The molecule has 0 unspecified atom stereocenters. The van der Waals surface area contributed by atoms with Gasteiger partial charge in [-0.05, 0) is 31.5 Å². The number of nitrogens with one attached hydrogen (secondary N) is 1. The molecule has 3 aromatic rings. The Kier molecular flexibility index (Phi) is 4.74. The van der Waals surface area contributed by atoms with E-state index in [1.54, 1.807) is 6.92 Å². The number of rotatable bonds is 4. The third-order valence-electron chi connectivity index (χ3n) is 4.02. The summed E-state index contributed by atoms with van der Waals surface area (Å²) in [5.41, 5.74) is 1.24. The molecule has 1 atom stereocenters. The summed E-state index contributed by atoms with van der Waals surface area (Å²) in [6.45, 7) is 5.16. The molecule has 0 saturated carbocycles. The fourth-order valence-corrected chi connectivity index (χ4v) is 3.49. The number of carbonyl (C=O) groups is 1. The van der Waals surface area contributed by atoms with Gasteiger partial charge in [-0.15, -0.1) is 0 Å². The molecule has 2 aromatic heterocycles. The van der Waals surface area contributed by atoms with Crippen LogP contribution in [0.25, 0.3) is 10.2 Å². The van der Waals surface area contributed by atoms with Crippen molar-refractivity contribution in [2.45, 2.75) is 33.5 Å². The Morgan fingerprint density at radius 1 is 1.35 bits per heavy atom. The van der Waals surface area contributed by atoms with Crippen molar-refractivity contribution in [2.24, 2.45) is 5.92 Å². The smallest absolute Gasteiger partial charge is 0.302 e. The van der Waals surface area contributed by atoms with Crippen LogP contribution in [0.1, 0.15) is 23.9 Å². The molecule has 0 aliphatic carbocycles. The number of alkyl halides is 3. The highest BCUT2D eigenvalue weighted by Crippen LogP contribution is 2.29. The summed E-state index contributed by atoms with van der Waals surface area (Å²) < 4.78 is 40.4. The van der Waals surface area contributed by atoms with Crippen LogP contribution in [0.2, 0.25) is 0 Å². The van der Waals surface area contributed by atoms with E-state index < -0.39 is 17.8 Å². The first-order chi connectivity index (χ1) is 12.1. The van der Waals surface area contributed by atoms with Crippen LogP contribution in [0.5, 0.6) is 0 Å². The maximum absolute atomic E-state index is 12.7. The fourth-order valence-electron chi connectivity index (χ4n) is 2.54. The summed E-state index contributed by atoms with van der Waals surface area (Å²) >= 11 is 1.36. The molecule has 0 fully saturated rings. The van der Waals surface area contributed by atoms with Gasteiger partial charge in [-0.25, -0.2) is 4.98 Å². The Bertz CT molecular complexity index is 961. The molecular weight excluding hydrogens is 365 g/mol. The SMILES string of the molecule is Cc1cccc2sc(NC(=O)[C@H](C)Cn3nc(C(F)(F)F)cc3C)nc12. The first kappa shape index (κ1) is 18.4. The van der Waals surface area contributed by atoms with E-state index in [2.05, 4.69) is 15.4 Å². The monoisotopic (exact) mass is 382 g/mol. The van der Waals surface area contributed by atoms with Gasteiger partial charge in [-0.2, -0.15) is 18.3 Å². The zero-order valence-corrected chi connectivity index (χ0v) is 15.2. The first-order valence-electron chi connectivity index (χ1n) is 7.94. The molecule has 9 heteroatoms. The summed E-state index contributed by atoms with van der Waals surface area (Å²) in [6.07, 6.45) is -4.50. The average molecular weight is 382 g/mol. The van der Waals surface area contributed by atoms with Gasteiger partial charge in [0.25, 0.3) is 0 Å². The maximum atomic E-state index is 12.7. The van der Waals surface area contributed by atoms with Crippen LogP contribution < -0.4 is 5.32 Å². The average Bonchev–Trinajstić information content (AvgIpc) is 3.11. The Morgan fingerprint density at radius 3 is 2.69 bits per heavy atom. The molecule has 0 aliphatic heterocycles. The summed E-state index contributed by atoms with van der Waals surface area (Å²) in [7, 11) is 0. The van der Waals surface area contributed by atoms with Gasteiger partial charge < -0.3 is 5.32 Å². The second-order valence-electron chi connectivity index (χ2n) is 6.18. The predicted molar refractivity (Wildman–Crippen MR) is 94.1 cm³/mol. The minimum absolute atomic E-state index is 0.0532. The molecule has 1 aromatic carbocycles. The van der Waals surface area contributed by atoms with Crippen LogP contribution in [0.15, 0.2) is 24.3 Å². The molecule has 1 N–H and O–H groups in total. The lowest BCUT2D eigenvalue weighted by Crippen LogP contribution is -2.25. The predicted octanol–water partition coefficient (Wildman–Crippen LogP) is 4.40. The van der Waals surface area contributed by atoms with Crippen molar-refractivity contribution in [3.8, 4) is 0 Å². The van der Waals surface area contributed by atoms with Crippen LogP contribution >= 0.6 is 11.3 Å². The topological polar surface area (TPSA) is 59.8 Å². The van der Waals surface area contributed by atoms with Crippen LogP contribution in [-0.2, 0) is 17.5 Å². The van der Waals surface area contributed by atoms with Crippen molar-refractivity contribution in [2.75, 3.05) is 5.32 Å². The second-order valence-corrected chi connectivity index (χ2v) is 7.21. The third-order valence-corrected chi connectivity index (χ3v) is 4.95. The number of anilines is 1. The fraction of sp³-hybridized carbons (Fsp3) is 0.353. The number of hydrogen-bond donors (Lipinski definition) is 1. The number of benzene rings is 1. The second kappa shape index (κ2) is 6.71. The normalized spacial score (nSPS) is 13.2. The van der Waals surface area contributed by atoms with Crippen molar-refractivity contribution in [3.05, 3.63) is 41.2 Å². The molecule has 2 heterocycles. The third kappa shape index (κ3) is 3.72. The molecule has 138 valence electrons. The van der Waals surface area contributed by atoms with E-state index in [4.69, 9.17) is 0 Å². The Balaban J connectivity index is 1.71. The molecule has 5 nitrogen and oxygen atoms in total. The summed E-state index contributed by atoms with van der Waals surface area (Å²) in [5.74, 6) is -0.882. The van der Waals surface area contributed by atoms with E-state index in [1.165, 1.54) is 22.9 Å². The number of hydrogen-bond acceptors (Lipinski definition) is 4. The molecule has 0 radical (unpaired) electrons. The van der Waals surface area contributed by atoms with Crippen LogP contribution in [0, 0.1) is 19.8 Å². The lowest BCUT2D eigenvalue weighted by atomic mass is 10.1. The number of aromatic nitrogens is 3. The number of nitrogens with zero attached hydrogens (tertiary/aromatic N) is 3. The van der Waals surface area contributed by atoms with Crippen molar-refractivity contribution in [3.63, 3.8) is 0 Å². The number of carbonyl (C=O) groups excluding carboxylic acids is 1.